The van der Waals surface area contributed by atoms with Crippen LogP contribution in [0.25, 0.3) is 21.1 Å². The number of morpholine rings is 1. The van der Waals surface area contributed by atoms with Crippen molar-refractivity contribution in [3.63, 3.8) is 0 Å². The predicted molar refractivity (Wildman–Crippen MR) is 131 cm³/mol. The van der Waals surface area contributed by atoms with Gasteiger partial charge in [-0.25, -0.2) is 0 Å². The summed E-state index contributed by atoms with van der Waals surface area (Å²) in [6, 6.07) is 13.7. The number of tetrazole rings is 1. The van der Waals surface area contributed by atoms with Crippen LogP contribution in [0.3, 0.4) is 0 Å². The third-order valence-corrected chi connectivity index (χ3v) is 7.55. The number of aromatic nitrogens is 4. The summed E-state index contributed by atoms with van der Waals surface area (Å²) >= 11 is 2.90. The van der Waals surface area contributed by atoms with Crippen molar-refractivity contribution in [2.24, 2.45) is 0 Å². The molecule has 3 aromatic heterocycles. The van der Waals surface area contributed by atoms with Crippen LogP contribution < -0.4 is 5.32 Å². The van der Waals surface area contributed by atoms with Crippen LogP contribution in [-0.2, 0) is 16.1 Å². The van der Waals surface area contributed by atoms with Crippen LogP contribution in [-0.4, -0.2) is 63.2 Å². The van der Waals surface area contributed by atoms with E-state index in [0.717, 1.165) is 20.9 Å². The molecule has 0 saturated carbocycles. The maximum absolute atomic E-state index is 13.4. The van der Waals surface area contributed by atoms with Gasteiger partial charge in [0.15, 0.2) is 0 Å². The Bertz CT molecular complexity index is 1290. The van der Waals surface area contributed by atoms with Gasteiger partial charge in [0.2, 0.25) is 11.7 Å². The molecule has 0 radical (unpaired) electrons. The highest BCUT2D eigenvalue weighted by atomic mass is 32.1. The van der Waals surface area contributed by atoms with E-state index in [9.17, 15) is 9.59 Å². The van der Waals surface area contributed by atoms with E-state index in [2.05, 4.69) is 20.7 Å². The lowest BCUT2D eigenvalue weighted by Gasteiger charge is -2.27. The summed E-state index contributed by atoms with van der Waals surface area (Å²) in [5.74, 6) is 0.0460. The van der Waals surface area contributed by atoms with E-state index < -0.39 is 0 Å². The van der Waals surface area contributed by atoms with Crippen molar-refractivity contribution in [3.8, 4) is 21.1 Å². The number of hydrogen-bond acceptors (Lipinski definition) is 8. The summed E-state index contributed by atoms with van der Waals surface area (Å²) in [5, 5.41) is 17.7. The molecule has 1 aliphatic rings. The zero-order chi connectivity index (χ0) is 23.5. The molecule has 0 atom stereocenters. The molecule has 1 fully saturated rings. The Morgan fingerprint density at radius 2 is 1.91 bits per heavy atom. The zero-order valence-electron chi connectivity index (χ0n) is 18.4. The first kappa shape index (κ1) is 22.4. The Hall–Kier alpha value is -3.41. The van der Waals surface area contributed by atoms with Crippen molar-refractivity contribution in [1.82, 2.24) is 25.1 Å². The lowest BCUT2D eigenvalue weighted by molar-refractivity contribution is -0.117. The van der Waals surface area contributed by atoms with E-state index in [4.69, 9.17) is 4.74 Å². The number of carbonyl (C=O) groups is 2. The molecule has 174 valence electrons. The summed E-state index contributed by atoms with van der Waals surface area (Å²) < 4.78 is 5.40. The number of anilines is 1. The Balaban J connectivity index is 1.41. The average Bonchev–Trinajstić information content (AvgIpc) is 3.61. The van der Waals surface area contributed by atoms with Gasteiger partial charge in [0.1, 0.15) is 11.5 Å². The monoisotopic (exact) mass is 494 g/mol. The molecule has 0 unspecified atom stereocenters. The van der Waals surface area contributed by atoms with Gasteiger partial charge in [0.05, 0.1) is 23.7 Å². The molecule has 4 aromatic rings. The number of nitrogens with zero attached hydrogens (tertiary/aromatic N) is 5. The van der Waals surface area contributed by atoms with Gasteiger partial charge >= 0.3 is 0 Å². The number of amides is 2. The van der Waals surface area contributed by atoms with Crippen LogP contribution in [0, 0.1) is 6.92 Å². The molecule has 34 heavy (non-hydrogen) atoms. The summed E-state index contributed by atoms with van der Waals surface area (Å²) in [6.45, 7) is 3.88. The molecule has 1 aliphatic heterocycles. The zero-order valence-corrected chi connectivity index (χ0v) is 20.1. The van der Waals surface area contributed by atoms with Crippen molar-refractivity contribution < 1.29 is 14.3 Å². The van der Waals surface area contributed by atoms with Crippen LogP contribution in [0.1, 0.15) is 15.9 Å². The van der Waals surface area contributed by atoms with Gasteiger partial charge < -0.3 is 15.0 Å². The van der Waals surface area contributed by atoms with Gasteiger partial charge in [-0.3, -0.25) is 9.59 Å². The molecule has 1 N–H and O–H groups in total. The van der Waals surface area contributed by atoms with Crippen molar-refractivity contribution >= 4 is 39.5 Å². The molecule has 5 rings (SSSR count). The van der Waals surface area contributed by atoms with Crippen LogP contribution in [0.2, 0.25) is 0 Å². The Kier molecular flexibility index (Phi) is 6.48. The van der Waals surface area contributed by atoms with Crippen LogP contribution >= 0.6 is 22.7 Å². The molecule has 4 heterocycles. The summed E-state index contributed by atoms with van der Waals surface area (Å²) in [5.41, 5.74) is 2.37. The highest BCUT2D eigenvalue weighted by molar-refractivity contribution is 7.20. The van der Waals surface area contributed by atoms with Crippen LogP contribution in [0.5, 0.6) is 0 Å². The minimum atomic E-state index is -0.327. The lowest BCUT2D eigenvalue weighted by Crippen LogP contribution is -2.41. The van der Waals surface area contributed by atoms with Crippen molar-refractivity contribution in [2.75, 3.05) is 31.6 Å². The van der Waals surface area contributed by atoms with Gasteiger partial charge in [-0.2, -0.15) is 4.80 Å². The molecule has 0 aliphatic carbocycles. The summed E-state index contributed by atoms with van der Waals surface area (Å²) in [6.07, 6.45) is 0. The minimum Gasteiger partial charge on any atom is -0.378 e. The van der Waals surface area contributed by atoms with Crippen molar-refractivity contribution in [2.45, 2.75) is 13.5 Å². The van der Waals surface area contributed by atoms with E-state index in [1.165, 1.54) is 27.5 Å². The second kappa shape index (κ2) is 9.84. The van der Waals surface area contributed by atoms with Crippen LogP contribution in [0.15, 0.2) is 47.8 Å². The van der Waals surface area contributed by atoms with Gasteiger partial charge in [-0.1, -0.05) is 36.4 Å². The Morgan fingerprint density at radius 1 is 1.12 bits per heavy atom. The Labute approximate surface area is 204 Å². The first-order valence-corrected chi connectivity index (χ1v) is 12.5. The summed E-state index contributed by atoms with van der Waals surface area (Å²) in [7, 11) is 0. The topological polar surface area (TPSA) is 102 Å². The molecule has 0 spiro atoms. The largest absolute Gasteiger partial charge is 0.378 e. The number of hydrogen-bond donors (Lipinski definition) is 1. The van der Waals surface area contributed by atoms with Gasteiger partial charge in [-0.05, 0) is 34.7 Å². The standard InChI is InChI=1S/C23H22N6O3S2/c1-15-19(23(31)28-9-11-32-12-10-28)22(34-20(15)16-6-3-2-4-7-16)24-18(30)14-29-26-21(25-27-29)17-8-5-13-33-17/h2-8,13H,9-12,14H2,1H3,(H,24,30). The molecule has 11 heteroatoms. The minimum absolute atomic E-state index is 0.103. The van der Waals surface area contributed by atoms with E-state index in [0.29, 0.717) is 42.7 Å². The first-order valence-electron chi connectivity index (χ1n) is 10.8. The second-order valence-electron chi connectivity index (χ2n) is 7.70. The summed E-state index contributed by atoms with van der Waals surface area (Å²) in [4.78, 5) is 31.2. The molecule has 1 saturated heterocycles. The molecular weight excluding hydrogens is 472 g/mol. The molecular formula is C23H22N6O3S2. The SMILES string of the molecule is Cc1c(-c2ccccc2)sc(NC(=O)Cn2nnc(-c3cccs3)n2)c1C(=O)N1CCOCC1. The smallest absolute Gasteiger partial charge is 0.257 e. The first-order chi connectivity index (χ1) is 16.6. The molecule has 1 aromatic carbocycles. The molecule has 9 nitrogen and oxygen atoms in total. The van der Waals surface area contributed by atoms with E-state index >= 15 is 0 Å². The number of benzene rings is 1. The number of carbonyl (C=O) groups excluding carboxylic acids is 2. The quantitative estimate of drug-likeness (QED) is 0.440. The van der Waals surface area contributed by atoms with E-state index in [-0.39, 0.29) is 18.4 Å². The number of ether oxygens (including phenoxy) is 1. The average molecular weight is 495 g/mol. The highest BCUT2D eigenvalue weighted by Gasteiger charge is 2.28. The van der Waals surface area contributed by atoms with E-state index in [1.807, 2.05) is 54.8 Å². The second-order valence-corrected chi connectivity index (χ2v) is 9.67. The Morgan fingerprint density at radius 3 is 2.65 bits per heavy atom. The fourth-order valence-electron chi connectivity index (χ4n) is 3.76. The van der Waals surface area contributed by atoms with Crippen molar-refractivity contribution in [3.05, 3.63) is 59.0 Å². The maximum atomic E-state index is 13.4. The molecule has 2 amide bonds. The highest BCUT2D eigenvalue weighted by Crippen LogP contribution is 2.40. The maximum Gasteiger partial charge on any atom is 0.257 e. The third kappa shape index (κ3) is 4.63. The molecule has 0 bridgehead atoms. The number of nitrogens with one attached hydrogen (secondary N) is 1. The lowest BCUT2D eigenvalue weighted by atomic mass is 10.1. The fraction of sp³-hybridized carbons (Fsp3) is 0.261. The van der Waals surface area contributed by atoms with Gasteiger partial charge in [-0.15, -0.1) is 32.9 Å². The third-order valence-electron chi connectivity index (χ3n) is 5.43. The fourth-order valence-corrected chi connectivity index (χ4v) is 5.63. The van der Waals surface area contributed by atoms with Gasteiger partial charge in [0, 0.05) is 18.0 Å². The number of rotatable bonds is 6. The van der Waals surface area contributed by atoms with Gasteiger partial charge in [0.25, 0.3) is 5.91 Å². The predicted octanol–water partition coefficient (Wildman–Crippen LogP) is 3.55. The van der Waals surface area contributed by atoms with Crippen LogP contribution in [0.4, 0.5) is 5.00 Å². The van der Waals surface area contributed by atoms with Crippen molar-refractivity contribution in [1.29, 1.82) is 0 Å². The normalized spacial score (nSPS) is 13.7. The van der Waals surface area contributed by atoms with E-state index in [1.54, 1.807) is 4.90 Å². The number of thiophene rings is 2.